The van der Waals surface area contributed by atoms with Gasteiger partial charge in [-0.3, -0.25) is 4.79 Å². The summed E-state index contributed by atoms with van der Waals surface area (Å²) in [5.74, 6) is 0.598. The van der Waals surface area contributed by atoms with E-state index in [9.17, 15) is 9.90 Å². The summed E-state index contributed by atoms with van der Waals surface area (Å²) < 4.78 is 6.37. The van der Waals surface area contributed by atoms with Crippen LogP contribution in [0.1, 0.15) is 35.2 Å². The van der Waals surface area contributed by atoms with E-state index in [1.54, 1.807) is 0 Å². The minimum absolute atomic E-state index is 0.0111. The molecular weight excluding hydrogens is 374 g/mol. The molecule has 0 saturated carbocycles. The summed E-state index contributed by atoms with van der Waals surface area (Å²) in [6.07, 6.45) is 0. The summed E-state index contributed by atoms with van der Waals surface area (Å²) in [4.78, 5) is 13.2. The van der Waals surface area contributed by atoms with Crippen molar-refractivity contribution >= 4 is 16.7 Å². The predicted octanol–water partition coefficient (Wildman–Crippen LogP) is 5.74. The third kappa shape index (κ3) is 3.62. The van der Waals surface area contributed by atoms with E-state index in [0.29, 0.717) is 22.3 Å². The van der Waals surface area contributed by atoms with Gasteiger partial charge in [0, 0.05) is 27.9 Å². The van der Waals surface area contributed by atoms with Crippen LogP contribution in [0.5, 0.6) is 0 Å². The van der Waals surface area contributed by atoms with Crippen LogP contribution in [0.2, 0.25) is 0 Å². The number of rotatable bonds is 5. The summed E-state index contributed by atoms with van der Waals surface area (Å²) in [7, 11) is 0. The number of fused-ring (bicyclic) bond motifs is 1. The van der Waals surface area contributed by atoms with Crippen LogP contribution in [-0.2, 0) is 6.61 Å². The van der Waals surface area contributed by atoms with Crippen LogP contribution < -0.4 is 10.7 Å². The molecule has 0 aliphatic carbocycles. The zero-order valence-electron chi connectivity index (χ0n) is 17.4. The fourth-order valence-electron chi connectivity index (χ4n) is 3.86. The summed E-state index contributed by atoms with van der Waals surface area (Å²) >= 11 is 0. The van der Waals surface area contributed by atoms with Gasteiger partial charge in [-0.1, -0.05) is 54.6 Å². The van der Waals surface area contributed by atoms with Crippen molar-refractivity contribution < 1.29 is 9.52 Å². The van der Waals surface area contributed by atoms with Crippen LogP contribution in [0.15, 0.2) is 75.9 Å². The first-order chi connectivity index (χ1) is 14.5. The molecule has 0 fully saturated rings. The lowest BCUT2D eigenvalue weighted by atomic mass is 9.98. The Balaban J connectivity index is 1.89. The molecular formula is C26H25NO3. The zero-order chi connectivity index (χ0) is 21.3. The van der Waals surface area contributed by atoms with Crippen molar-refractivity contribution in [1.82, 2.24) is 0 Å². The Hall–Kier alpha value is -3.37. The van der Waals surface area contributed by atoms with Gasteiger partial charge in [-0.2, -0.15) is 0 Å². The first kappa shape index (κ1) is 19.9. The van der Waals surface area contributed by atoms with Gasteiger partial charge in [0.05, 0.1) is 18.0 Å². The smallest absolute Gasteiger partial charge is 0.196 e. The number of hydrogen-bond acceptors (Lipinski definition) is 4. The molecule has 1 unspecified atom stereocenters. The highest BCUT2D eigenvalue weighted by Crippen LogP contribution is 2.32. The predicted molar refractivity (Wildman–Crippen MR) is 122 cm³/mol. The lowest BCUT2D eigenvalue weighted by molar-refractivity contribution is 0.282. The van der Waals surface area contributed by atoms with Crippen molar-refractivity contribution in [2.24, 2.45) is 0 Å². The van der Waals surface area contributed by atoms with Gasteiger partial charge in [-0.25, -0.2) is 0 Å². The number of aryl methyl sites for hydroxylation is 1. The molecule has 4 nitrogen and oxygen atoms in total. The van der Waals surface area contributed by atoms with Crippen molar-refractivity contribution in [3.63, 3.8) is 0 Å². The summed E-state index contributed by atoms with van der Waals surface area (Å²) in [6, 6.07) is 21.2. The van der Waals surface area contributed by atoms with Crippen molar-refractivity contribution in [2.75, 3.05) is 5.32 Å². The molecule has 1 atom stereocenters. The number of aliphatic hydroxyl groups is 1. The van der Waals surface area contributed by atoms with E-state index in [4.69, 9.17) is 4.42 Å². The molecule has 0 amide bonds. The minimum Gasteiger partial charge on any atom is -0.455 e. The van der Waals surface area contributed by atoms with E-state index in [2.05, 4.69) is 11.4 Å². The Labute approximate surface area is 175 Å². The van der Waals surface area contributed by atoms with Crippen LogP contribution in [0, 0.1) is 13.8 Å². The minimum atomic E-state index is -0.130. The van der Waals surface area contributed by atoms with Crippen molar-refractivity contribution in [3.8, 4) is 11.3 Å². The Bertz CT molecular complexity index is 1260. The number of benzene rings is 3. The van der Waals surface area contributed by atoms with E-state index in [-0.39, 0.29) is 18.1 Å². The maximum absolute atomic E-state index is 13.2. The van der Waals surface area contributed by atoms with Crippen LogP contribution in [0.4, 0.5) is 5.69 Å². The molecule has 0 saturated heterocycles. The Morgan fingerprint density at radius 1 is 1.00 bits per heavy atom. The Kier molecular flexibility index (Phi) is 5.42. The molecule has 3 aromatic carbocycles. The average Bonchev–Trinajstić information content (AvgIpc) is 2.77. The van der Waals surface area contributed by atoms with Gasteiger partial charge in [-0.15, -0.1) is 0 Å². The highest BCUT2D eigenvalue weighted by molar-refractivity contribution is 5.84. The van der Waals surface area contributed by atoms with Crippen LogP contribution in [0.25, 0.3) is 22.3 Å². The monoisotopic (exact) mass is 399 g/mol. The maximum Gasteiger partial charge on any atom is 0.196 e. The van der Waals surface area contributed by atoms with Gasteiger partial charge < -0.3 is 14.8 Å². The average molecular weight is 399 g/mol. The summed E-state index contributed by atoms with van der Waals surface area (Å²) in [5.41, 5.74) is 5.67. The third-order valence-corrected chi connectivity index (χ3v) is 5.45. The second-order valence-electron chi connectivity index (χ2n) is 7.66. The van der Waals surface area contributed by atoms with Crippen LogP contribution >= 0.6 is 0 Å². The van der Waals surface area contributed by atoms with E-state index in [1.165, 1.54) is 0 Å². The van der Waals surface area contributed by atoms with Crippen LogP contribution in [-0.4, -0.2) is 5.11 Å². The van der Waals surface area contributed by atoms with E-state index < -0.39 is 0 Å². The lowest BCUT2D eigenvalue weighted by Crippen LogP contribution is -2.13. The number of para-hydroxylation sites is 1. The van der Waals surface area contributed by atoms with Gasteiger partial charge in [0.1, 0.15) is 11.3 Å². The topological polar surface area (TPSA) is 62.5 Å². The largest absolute Gasteiger partial charge is 0.455 e. The molecule has 2 N–H and O–H groups in total. The highest BCUT2D eigenvalue weighted by Gasteiger charge is 2.19. The Morgan fingerprint density at radius 3 is 2.43 bits per heavy atom. The zero-order valence-corrected chi connectivity index (χ0v) is 17.4. The highest BCUT2D eigenvalue weighted by atomic mass is 16.3. The van der Waals surface area contributed by atoms with Gasteiger partial charge in [0.2, 0.25) is 0 Å². The van der Waals surface area contributed by atoms with E-state index >= 15 is 0 Å². The molecule has 30 heavy (non-hydrogen) atoms. The maximum atomic E-state index is 13.2. The second kappa shape index (κ2) is 8.17. The fraction of sp³-hybridized carbons (Fsp3) is 0.192. The molecule has 0 aliphatic rings. The normalized spacial score (nSPS) is 12.1. The fourth-order valence-corrected chi connectivity index (χ4v) is 3.86. The van der Waals surface area contributed by atoms with Gasteiger partial charge in [0.25, 0.3) is 0 Å². The second-order valence-corrected chi connectivity index (χ2v) is 7.66. The number of aliphatic hydroxyl groups excluding tert-OH is 1. The van der Waals surface area contributed by atoms with Crippen molar-refractivity contribution in [2.45, 2.75) is 33.4 Å². The number of nitrogens with one attached hydrogen (secondary N) is 1. The third-order valence-electron chi connectivity index (χ3n) is 5.45. The lowest BCUT2D eigenvalue weighted by Gasteiger charge is -2.20. The summed E-state index contributed by atoms with van der Waals surface area (Å²) in [5, 5.41) is 13.7. The molecule has 1 aromatic heterocycles. The number of hydrogen-bond donors (Lipinski definition) is 2. The molecule has 0 spiro atoms. The summed E-state index contributed by atoms with van der Waals surface area (Å²) in [6.45, 7) is 5.79. The molecule has 4 aromatic rings. The first-order valence-corrected chi connectivity index (χ1v) is 10.1. The van der Waals surface area contributed by atoms with Gasteiger partial charge in [0.15, 0.2) is 5.43 Å². The SMILES string of the molecule is Cc1cc(C(C)Nc2ccccc2CO)c2oc(-c3ccccc3)c(C)c(=O)c2c1. The first-order valence-electron chi connectivity index (χ1n) is 10.1. The standard InChI is InChI=1S/C26H25NO3/c1-16-13-21(18(3)27-23-12-8-7-11-20(23)15-28)26-22(14-16)24(29)17(2)25(30-26)19-9-5-4-6-10-19/h4-14,18,27-28H,15H2,1-3H3. The van der Waals surface area contributed by atoms with E-state index in [0.717, 1.165) is 27.9 Å². The Morgan fingerprint density at radius 2 is 1.70 bits per heavy atom. The van der Waals surface area contributed by atoms with Crippen molar-refractivity contribution in [1.29, 1.82) is 0 Å². The molecule has 0 bridgehead atoms. The molecule has 4 rings (SSSR count). The quantitative estimate of drug-likeness (QED) is 0.449. The van der Waals surface area contributed by atoms with Gasteiger partial charge in [-0.05, 0) is 38.5 Å². The van der Waals surface area contributed by atoms with Crippen molar-refractivity contribution in [3.05, 3.63) is 99.2 Å². The molecule has 0 aliphatic heterocycles. The molecule has 152 valence electrons. The van der Waals surface area contributed by atoms with E-state index in [1.807, 2.05) is 81.4 Å². The van der Waals surface area contributed by atoms with Gasteiger partial charge >= 0.3 is 0 Å². The number of anilines is 1. The van der Waals surface area contributed by atoms with Crippen LogP contribution in [0.3, 0.4) is 0 Å². The molecule has 1 heterocycles. The molecule has 4 heteroatoms. The molecule has 0 radical (unpaired) electrons.